The second-order valence-electron chi connectivity index (χ2n) is 12.4. The molecular formula is C44H28O6. The molecule has 0 aliphatic rings. The number of furan rings is 1. The number of phenols is 5. The molecule has 1 heterocycles. The van der Waals surface area contributed by atoms with Gasteiger partial charge in [-0.25, -0.2) is 0 Å². The van der Waals surface area contributed by atoms with Crippen molar-refractivity contribution in [2.24, 2.45) is 0 Å². The molecule has 5 N–H and O–H groups in total. The van der Waals surface area contributed by atoms with Gasteiger partial charge in [-0.3, -0.25) is 0 Å². The van der Waals surface area contributed by atoms with Crippen molar-refractivity contribution >= 4 is 43.5 Å². The van der Waals surface area contributed by atoms with Gasteiger partial charge in [0.2, 0.25) is 17.2 Å². The van der Waals surface area contributed by atoms with Crippen molar-refractivity contribution in [3.05, 3.63) is 140 Å². The lowest BCUT2D eigenvalue weighted by Crippen LogP contribution is -1.93. The van der Waals surface area contributed by atoms with E-state index in [0.29, 0.717) is 5.56 Å². The smallest absolute Gasteiger partial charge is 0.208 e. The van der Waals surface area contributed by atoms with E-state index in [2.05, 4.69) is 54.6 Å². The summed E-state index contributed by atoms with van der Waals surface area (Å²) in [5, 5.41) is 58.7. The van der Waals surface area contributed by atoms with E-state index in [9.17, 15) is 25.5 Å². The lowest BCUT2D eigenvalue weighted by molar-refractivity contribution is 0.330. The van der Waals surface area contributed by atoms with Gasteiger partial charge in [-0.15, -0.1) is 0 Å². The van der Waals surface area contributed by atoms with Crippen LogP contribution >= 0.6 is 0 Å². The van der Waals surface area contributed by atoms with Crippen molar-refractivity contribution in [2.45, 2.75) is 0 Å². The third kappa shape index (κ3) is 4.29. The summed E-state index contributed by atoms with van der Waals surface area (Å²) < 4.78 is 6.49. The lowest BCUT2D eigenvalue weighted by Gasteiger charge is -2.20. The Kier molecular flexibility index (Phi) is 6.48. The standard InChI is InChI=1S/C44H28O6/c45-39-38(40(46)42(48)43(49)41(39)47)26-19-20-31-33(21-26)37(30-17-8-7-16-29(30)36(31)25-13-5-2-6-14-25)27-22-32(24-11-3-1-4-12-24)44-34(23-27)28-15-9-10-18-35(28)50-44/h1-23,45-49H. The maximum Gasteiger partial charge on any atom is 0.208 e. The molecule has 0 spiro atoms. The number of hydrogen-bond acceptors (Lipinski definition) is 6. The molecule has 0 unspecified atom stereocenters. The van der Waals surface area contributed by atoms with E-state index in [1.807, 2.05) is 78.9 Å². The Morgan fingerprint density at radius 2 is 0.820 bits per heavy atom. The summed E-state index contributed by atoms with van der Waals surface area (Å²) in [5.74, 6) is -4.36. The number of hydrogen-bond donors (Lipinski definition) is 5. The quantitative estimate of drug-likeness (QED) is 0.0734. The van der Waals surface area contributed by atoms with Gasteiger partial charge in [0, 0.05) is 16.3 Å². The summed E-state index contributed by atoms with van der Waals surface area (Å²) in [5.41, 5.74) is 7.46. The van der Waals surface area contributed by atoms with Crippen LogP contribution in [0.15, 0.2) is 144 Å². The molecule has 9 aromatic rings. The molecule has 6 heteroatoms. The molecule has 0 aliphatic heterocycles. The van der Waals surface area contributed by atoms with Gasteiger partial charge in [-0.1, -0.05) is 115 Å². The van der Waals surface area contributed by atoms with Gasteiger partial charge in [0.25, 0.3) is 0 Å². The summed E-state index contributed by atoms with van der Waals surface area (Å²) >= 11 is 0. The van der Waals surface area contributed by atoms with Gasteiger partial charge < -0.3 is 29.9 Å². The number of fused-ring (bicyclic) bond motifs is 5. The zero-order valence-electron chi connectivity index (χ0n) is 26.4. The van der Waals surface area contributed by atoms with Crippen LogP contribution in [0.25, 0.3) is 88.0 Å². The van der Waals surface area contributed by atoms with Gasteiger partial charge in [0.1, 0.15) is 11.2 Å². The molecule has 9 rings (SSSR count). The number of phenolic OH excluding ortho intramolecular Hbond substituents is 5. The van der Waals surface area contributed by atoms with Gasteiger partial charge in [-0.05, 0) is 79.2 Å². The molecule has 0 fully saturated rings. The molecule has 1 aromatic heterocycles. The van der Waals surface area contributed by atoms with E-state index in [4.69, 9.17) is 4.42 Å². The third-order valence-electron chi connectivity index (χ3n) is 9.60. The van der Waals surface area contributed by atoms with E-state index in [-0.39, 0.29) is 5.56 Å². The van der Waals surface area contributed by atoms with Gasteiger partial charge in [0.05, 0.1) is 5.56 Å². The summed E-state index contributed by atoms with van der Waals surface area (Å²) in [7, 11) is 0. The third-order valence-corrected chi connectivity index (χ3v) is 9.60. The van der Waals surface area contributed by atoms with Crippen LogP contribution in [0.2, 0.25) is 0 Å². The summed E-state index contributed by atoms with van der Waals surface area (Å²) in [6, 6.07) is 46.2. The fourth-order valence-corrected chi connectivity index (χ4v) is 7.32. The minimum absolute atomic E-state index is 0.207. The Balaban J connectivity index is 1.47. The first kappa shape index (κ1) is 29.2. The molecule has 0 bridgehead atoms. The van der Waals surface area contributed by atoms with Crippen LogP contribution in [0, 0.1) is 0 Å². The Morgan fingerprint density at radius 1 is 0.320 bits per heavy atom. The average molecular weight is 653 g/mol. The van der Waals surface area contributed by atoms with Crippen LogP contribution in [0.3, 0.4) is 0 Å². The monoisotopic (exact) mass is 652 g/mol. The van der Waals surface area contributed by atoms with Gasteiger partial charge in [0.15, 0.2) is 11.5 Å². The second kappa shape index (κ2) is 11.1. The molecule has 0 radical (unpaired) electrons. The first-order valence-electron chi connectivity index (χ1n) is 16.1. The van der Waals surface area contributed by atoms with Crippen molar-refractivity contribution in [1.82, 2.24) is 0 Å². The molecule has 0 saturated heterocycles. The molecule has 240 valence electrons. The first-order valence-corrected chi connectivity index (χ1v) is 16.1. The highest BCUT2D eigenvalue weighted by atomic mass is 16.4. The van der Waals surface area contributed by atoms with Crippen molar-refractivity contribution in [1.29, 1.82) is 0 Å². The van der Waals surface area contributed by atoms with E-state index in [1.165, 1.54) is 0 Å². The summed E-state index contributed by atoms with van der Waals surface area (Å²) in [6.45, 7) is 0. The topological polar surface area (TPSA) is 114 Å². The van der Waals surface area contributed by atoms with Gasteiger partial charge in [-0.2, -0.15) is 0 Å². The van der Waals surface area contributed by atoms with E-state index in [1.54, 1.807) is 6.07 Å². The molecule has 6 nitrogen and oxygen atoms in total. The van der Waals surface area contributed by atoms with E-state index in [0.717, 1.165) is 76.9 Å². The second-order valence-corrected chi connectivity index (χ2v) is 12.4. The highest BCUT2D eigenvalue weighted by molar-refractivity contribution is 6.23. The summed E-state index contributed by atoms with van der Waals surface area (Å²) in [4.78, 5) is 0. The van der Waals surface area contributed by atoms with Crippen molar-refractivity contribution in [3.8, 4) is 73.3 Å². The normalized spacial score (nSPS) is 11.6. The van der Waals surface area contributed by atoms with Crippen molar-refractivity contribution in [3.63, 3.8) is 0 Å². The van der Waals surface area contributed by atoms with Crippen molar-refractivity contribution in [2.75, 3.05) is 0 Å². The molecular weight excluding hydrogens is 624 g/mol. The van der Waals surface area contributed by atoms with Crippen LogP contribution in [0.1, 0.15) is 0 Å². The largest absolute Gasteiger partial charge is 0.504 e. The number of para-hydroxylation sites is 1. The van der Waals surface area contributed by atoms with Crippen LogP contribution in [0.4, 0.5) is 0 Å². The SMILES string of the molecule is Oc1c(O)c(O)c(-c2ccc3c(-c4ccccc4)c4ccccc4c(-c4cc(-c5ccccc5)c5oc6ccccc6c5c4)c3c2)c(O)c1O. The lowest BCUT2D eigenvalue weighted by atomic mass is 9.83. The van der Waals surface area contributed by atoms with Crippen LogP contribution in [0.5, 0.6) is 28.7 Å². The zero-order valence-corrected chi connectivity index (χ0v) is 26.4. The fraction of sp³-hybridized carbons (Fsp3) is 0. The van der Waals surface area contributed by atoms with Crippen LogP contribution in [-0.2, 0) is 0 Å². The fourth-order valence-electron chi connectivity index (χ4n) is 7.32. The first-order chi connectivity index (χ1) is 24.4. The number of rotatable bonds is 4. The predicted octanol–water partition coefficient (Wildman–Crippen LogP) is 11.1. The predicted molar refractivity (Wildman–Crippen MR) is 199 cm³/mol. The Hall–Kier alpha value is -6.92. The van der Waals surface area contributed by atoms with Crippen LogP contribution in [-0.4, -0.2) is 25.5 Å². The minimum Gasteiger partial charge on any atom is -0.504 e. The average Bonchev–Trinajstić information content (AvgIpc) is 3.54. The maximum absolute atomic E-state index is 11.0. The van der Waals surface area contributed by atoms with Crippen molar-refractivity contribution < 1.29 is 29.9 Å². The molecule has 0 saturated carbocycles. The summed E-state index contributed by atoms with van der Waals surface area (Å²) in [6.07, 6.45) is 0. The molecule has 50 heavy (non-hydrogen) atoms. The van der Waals surface area contributed by atoms with Crippen LogP contribution < -0.4 is 0 Å². The van der Waals surface area contributed by atoms with E-state index < -0.39 is 28.7 Å². The number of aromatic hydroxyl groups is 5. The Bertz CT molecular complexity index is 2770. The molecule has 0 atom stereocenters. The van der Waals surface area contributed by atoms with E-state index >= 15 is 0 Å². The highest BCUT2D eigenvalue weighted by Crippen LogP contribution is 2.56. The molecule has 8 aromatic carbocycles. The molecule has 0 aliphatic carbocycles. The zero-order chi connectivity index (χ0) is 34.1. The minimum atomic E-state index is -1.00. The van der Waals surface area contributed by atoms with Gasteiger partial charge >= 0.3 is 0 Å². The Labute approximate surface area is 285 Å². The molecule has 0 amide bonds. The Morgan fingerprint density at radius 3 is 1.48 bits per heavy atom. The maximum atomic E-state index is 11.0. The number of benzene rings is 8. The highest BCUT2D eigenvalue weighted by Gasteiger charge is 2.26.